The SMILES string of the molecule is CC(=O)c1ccc(N2CCN(c3nccs3)CC2)cn1. The minimum Gasteiger partial charge on any atom is -0.367 e. The molecule has 0 unspecified atom stereocenters. The minimum atomic E-state index is 0.00476. The van der Waals surface area contributed by atoms with E-state index in [1.807, 2.05) is 17.6 Å². The summed E-state index contributed by atoms with van der Waals surface area (Å²) in [5.74, 6) is 0.00476. The molecule has 0 atom stereocenters. The number of Topliss-reactive ketones (excluding diaryl/α,β-unsaturated/α-hetero) is 1. The highest BCUT2D eigenvalue weighted by Gasteiger charge is 2.19. The Morgan fingerprint density at radius 1 is 1.15 bits per heavy atom. The third-order valence-electron chi connectivity index (χ3n) is 3.44. The van der Waals surface area contributed by atoms with Crippen molar-refractivity contribution in [2.45, 2.75) is 6.92 Å². The van der Waals surface area contributed by atoms with E-state index in [0.29, 0.717) is 5.69 Å². The first-order valence-corrected chi connectivity index (χ1v) is 7.48. The number of rotatable bonds is 3. The summed E-state index contributed by atoms with van der Waals surface area (Å²) in [7, 11) is 0. The number of thiazole rings is 1. The normalized spacial score (nSPS) is 15.4. The second-order valence-corrected chi connectivity index (χ2v) is 5.62. The number of aromatic nitrogens is 2. The van der Waals surface area contributed by atoms with Crippen LogP contribution in [-0.2, 0) is 0 Å². The second kappa shape index (κ2) is 5.58. The van der Waals surface area contributed by atoms with Gasteiger partial charge in [-0.25, -0.2) is 4.98 Å². The zero-order chi connectivity index (χ0) is 13.9. The van der Waals surface area contributed by atoms with Crippen molar-refractivity contribution in [1.82, 2.24) is 9.97 Å². The standard InChI is InChI=1S/C14H16N4OS/c1-11(19)13-3-2-12(10-16-13)17-5-7-18(8-6-17)14-15-4-9-20-14/h2-4,9-10H,5-8H2,1H3. The van der Waals surface area contributed by atoms with Gasteiger partial charge >= 0.3 is 0 Å². The first-order chi connectivity index (χ1) is 9.74. The number of pyridine rings is 1. The summed E-state index contributed by atoms with van der Waals surface area (Å²) in [6.45, 7) is 5.35. The van der Waals surface area contributed by atoms with Crippen molar-refractivity contribution in [2.24, 2.45) is 0 Å². The highest BCUT2D eigenvalue weighted by Crippen LogP contribution is 2.21. The summed E-state index contributed by atoms with van der Waals surface area (Å²) in [6.07, 6.45) is 3.63. The molecule has 3 heterocycles. The maximum absolute atomic E-state index is 11.2. The summed E-state index contributed by atoms with van der Waals surface area (Å²) >= 11 is 1.68. The molecule has 5 nitrogen and oxygen atoms in total. The maximum atomic E-state index is 11.2. The van der Waals surface area contributed by atoms with Crippen LogP contribution >= 0.6 is 11.3 Å². The molecule has 0 aliphatic carbocycles. The molecule has 0 N–H and O–H groups in total. The fourth-order valence-electron chi connectivity index (χ4n) is 2.31. The Labute approximate surface area is 121 Å². The maximum Gasteiger partial charge on any atom is 0.185 e. The predicted molar refractivity (Wildman–Crippen MR) is 80.8 cm³/mol. The summed E-state index contributed by atoms with van der Waals surface area (Å²) in [5, 5.41) is 3.10. The van der Waals surface area contributed by atoms with E-state index in [-0.39, 0.29) is 5.78 Å². The van der Waals surface area contributed by atoms with E-state index >= 15 is 0 Å². The predicted octanol–water partition coefficient (Wildman–Crippen LogP) is 2.07. The van der Waals surface area contributed by atoms with Gasteiger partial charge in [0, 0.05) is 44.7 Å². The van der Waals surface area contributed by atoms with E-state index in [0.717, 1.165) is 37.0 Å². The van der Waals surface area contributed by atoms with Gasteiger partial charge in [0.25, 0.3) is 0 Å². The largest absolute Gasteiger partial charge is 0.367 e. The molecule has 0 aromatic carbocycles. The Bertz CT molecular complexity index is 574. The highest BCUT2D eigenvalue weighted by atomic mass is 32.1. The number of anilines is 2. The third-order valence-corrected chi connectivity index (χ3v) is 4.28. The monoisotopic (exact) mass is 288 g/mol. The van der Waals surface area contributed by atoms with Crippen LogP contribution in [0.3, 0.4) is 0 Å². The molecular formula is C14H16N4OS. The van der Waals surface area contributed by atoms with Crippen molar-refractivity contribution in [2.75, 3.05) is 36.0 Å². The van der Waals surface area contributed by atoms with Gasteiger partial charge in [0.1, 0.15) is 5.69 Å². The lowest BCUT2D eigenvalue weighted by molar-refractivity contribution is 0.101. The van der Waals surface area contributed by atoms with Gasteiger partial charge in [-0.3, -0.25) is 9.78 Å². The average Bonchev–Trinajstić information content (AvgIpc) is 3.02. The quantitative estimate of drug-likeness (QED) is 0.809. The number of ketones is 1. The minimum absolute atomic E-state index is 0.00476. The fraction of sp³-hybridized carbons (Fsp3) is 0.357. The Hall–Kier alpha value is -1.95. The van der Waals surface area contributed by atoms with Gasteiger partial charge in [-0.2, -0.15) is 0 Å². The van der Waals surface area contributed by atoms with Crippen LogP contribution in [0.15, 0.2) is 29.9 Å². The van der Waals surface area contributed by atoms with Gasteiger partial charge < -0.3 is 9.80 Å². The van der Waals surface area contributed by atoms with Gasteiger partial charge in [0.15, 0.2) is 10.9 Å². The highest BCUT2D eigenvalue weighted by molar-refractivity contribution is 7.13. The topological polar surface area (TPSA) is 49.3 Å². The summed E-state index contributed by atoms with van der Waals surface area (Å²) < 4.78 is 0. The van der Waals surface area contributed by atoms with Crippen molar-refractivity contribution in [1.29, 1.82) is 0 Å². The van der Waals surface area contributed by atoms with Crippen LogP contribution in [0.1, 0.15) is 17.4 Å². The van der Waals surface area contributed by atoms with E-state index < -0.39 is 0 Å². The smallest absolute Gasteiger partial charge is 0.185 e. The van der Waals surface area contributed by atoms with Crippen LogP contribution in [0.4, 0.5) is 10.8 Å². The first-order valence-electron chi connectivity index (χ1n) is 6.60. The summed E-state index contributed by atoms with van der Waals surface area (Å²) in [6, 6.07) is 3.77. The molecule has 1 saturated heterocycles. The molecule has 6 heteroatoms. The van der Waals surface area contributed by atoms with Crippen LogP contribution in [0.2, 0.25) is 0 Å². The summed E-state index contributed by atoms with van der Waals surface area (Å²) in [5.41, 5.74) is 1.60. The Morgan fingerprint density at radius 3 is 2.45 bits per heavy atom. The van der Waals surface area contributed by atoms with Crippen LogP contribution in [-0.4, -0.2) is 41.9 Å². The molecule has 1 aliphatic heterocycles. The van der Waals surface area contributed by atoms with E-state index in [2.05, 4.69) is 19.8 Å². The Morgan fingerprint density at radius 2 is 1.90 bits per heavy atom. The zero-order valence-electron chi connectivity index (χ0n) is 11.3. The number of hydrogen-bond donors (Lipinski definition) is 0. The molecule has 0 radical (unpaired) electrons. The lowest BCUT2D eigenvalue weighted by Gasteiger charge is -2.35. The van der Waals surface area contributed by atoms with Gasteiger partial charge in [0.05, 0.1) is 11.9 Å². The molecule has 3 rings (SSSR count). The molecular weight excluding hydrogens is 272 g/mol. The lowest BCUT2D eigenvalue weighted by atomic mass is 10.2. The van der Waals surface area contributed by atoms with Crippen molar-refractivity contribution < 1.29 is 4.79 Å². The van der Waals surface area contributed by atoms with Gasteiger partial charge in [-0.15, -0.1) is 11.3 Å². The number of piperazine rings is 1. The molecule has 20 heavy (non-hydrogen) atoms. The average molecular weight is 288 g/mol. The zero-order valence-corrected chi connectivity index (χ0v) is 12.1. The number of carbonyl (C=O) groups excluding carboxylic acids is 1. The molecule has 2 aromatic heterocycles. The van der Waals surface area contributed by atoms with Crippen molar-refractivity contribution in [3.8, 4) is 0 Å². The van der Waals surface area contributed by atoms with E-state index in [1.54, 1.807) is 23.6 Å². The van der Waals surface area contributed by atoms with Gasteiger partial charge in [-0.1, -0.05) is 0 Å². The molecule has 0 bridgehead atoms. The Balaban J connectivity index is 1.64. The first kappa shape index (κ1) is 13.1. The molecule has 0 spiro atoms. The number of hydrogen-bond acceptors (Lipinski definition) is 6. The van der Waals surface area contributed by atoms with Crippen molar-refractivity contribution >= 4 is 27.9 Å². The van der Waals surface area contributed by atoms with Crippen molar-refractivity contribution in [3.63, 3.8) is 0 Å². The molecule has 0 saturated carbocycles. The summed E-state index contributed by atoms with van der Waals surface area (Å²) in [4.78, 5) is 24.4. The molecule has 1 aliphatic rings. The van der Waals surface area contributed by atoms with Gasteiger partial charge in [0.2, 0.25) is 0 Å². The van der Waals surface area contributed by atoms with E-state index in [9.17, 15) is 4.79 Å². The van der Waals surface area contributed by atoms with Crippen LogP contribution in [0.5, 0.6) is 0 Å². The van der Waals surface area contributed by atoms with E-state index in [4.69, 9.17) is 0 Å². The molecule has 0 amide bonds. The van der Waals surface area contributed by atoms with Gasteiger partial charge in [-0.05, 0) is 12.1 Å². The second-order valence-electron chi connectivity index (χ2n) is 4.75. The fourth-order valence-corrected chi connectivity index (χ4v) is 3.01. The van der Waals surface area contributed by atoms with Crippen molar-refractivity contribution in [3.05, 3.63) is 35.6 Å². The lowest BCUT2D eigenvalue weighted by Crippen LogP contribution is -2.46. The molecule has 2 aromatic rings. The molecule has 104 valence electrons. The number of carbonyl (C=O) groups is 1. The van der Waals surface area contributed by atoms with Crippen LogP contribution in [0, 0.1) is 0 Å². The number of nitrogens with zero attached hydrogens (tertiary/aromatic N) is 4. The molecule has 1 fully saturated rings. The van der Waals surface area contributed by atoms with E-state index in [1.165, 1.54) is 6.92 Å². The third kappa shape index (κ3) is 2.65. The van der Waals surface area contributed by atoms with Crippen LogP contribution in [0.25, 0.3) is 0 Å². The van der Waals surface area contributed by atoms with Crippen LogP contribution < -0.4 is 9.80 Å². The Kier molecular flexibility index (Phi) is 3.64.